The van der Waals surface area contributed by atoms with Crippen molar-refractivity contribution in [3.05, 3.63) is 41.0 Å². The van der Waals surface area contributed by atoms with Gasteiger partial charge in [0.1, 0.15) is 0 Å². The first-order chi connectivity index (χ1) is 9.25. The Kier molecular flexibility index (Phi) is 9.27. The molecule has 0 nitrogen and oxygen atoms in total. The van der Waals surface area contributed by atoms with Crippen molar-refractivity contribution in [2.24, 2.45) is 11.8 Å². The fourth-order valence-corrected chi connectivity index (χ4v) is 36.3. The standard InChI is InChI=1S/2C8H11.C2H6Ge.2ClH.Zr/c2*1-6-4-7(2)8(3)5-6;1-3-2;;;/h2*4,6H,1-3H3;1-2H3;2*1H;/q;;;;;+2/p-2. The minimum atomic E-state index is -1.59. The zero-order chi connectivity index (χ0) is 15.2. The molecule has 2 aliphatic rings. The summed E-state index contributed by atoms with van der Waals surface area (Å²) in [4.78, 5) is 0. The summed E-state index contributed by atoms with van der Waals surface area (Å²) in [6.45, 7) is 14.3. The fraction of sp³-hybridized carbons (Fsp3) is 0.556. The maximum Gasteiger partial charge on any atom is -1.00 e. The Morgan fingerprint density at radius 3 is 1.27 bits per heavy atom. The molecule has 0 saturated heterocycles. The van der Waals surface area contributed by atoms with Gasteiger partial charge in [0.15, 0.2) is 0 Å². The molecule has 2 unspecified atom stereocenters. The van der Waals surface area contributed by atoms with Crippen LogP contribution in [-0.2, 0) is 18.6 Å². The molecule has 122 valence electrons. The van der Waals surface area contributed by atoms with E-state index in [0.29, 0.717) is 0 Å². The number of hydrogen-bond acceptors (Lipinski definition) is 0. The predicted octanol–water partition coefficient (Wildman–Crippen LogP) is -0.396. The molecule has 0 aliphatic heterocycles. The van der Waals surface area contributed by atoms with Gasteiger partial charge in [0.25, 0.3) is 0 Å². The van der Waals surface area contributed by atoms with Gasteiger partial charge in [0.2, 0.25) is 0 Å². The molecule has 4 heteroatoms. The van der Waals surface area contributed by atoms with E-state index in [1.165, 1.54) is 0 Å². The van der Waals surface area contributed by atoms with Gasteiger partial charge in [-0.3, -0.25) is 0 Å². The summed E-state index contributed by atoms with van der Waals surface area (Å²) < 4.78 is 3.88. The van der Waals surface area contributed by atoms with Crippen LogP contribution in [0.25, 0.3) is 0 Å². The van der Waals surface area contributed by atoms with E-state index in [1.54, 1.807) is 22.3 Å². The smallest absolute Gasteiger partial charge is 1.00 e. The second-order valence-corrected chi connectivity index (χ2v) is 34.4. The molecule has 0 N–H and O–H groups in total. The predicted molar refractivity (Wildman–Crippen MR) is 88.7 cm³/mol. The number of rotatable bonds is 2. The van der Waals surface area contributed by atoms with Crippen molar-refractivity contribution >= 4 is 9.98 Å². The van der Waals surface area contributed by atoms with Crippen molar-refractivity contribution in [3.8, 4) is 0 Å². The fourth-order valence-electron chi connectivity index (χ4n) is 3.79. The van der Waals surface area contributed by atoms with E-state index < -0.39 is 28.6 Å². The summed E-state index contributed by atoms with van der Waals surface area (Å²) in [6.07, 6.45) is 5.03. The summed E-state index contributed by atoms with van der Waals surface area (Å²) >= 11 is -1.59. The van der Waals surface area contributed by atoms with Crippen LogP contribution >= 0.6 is 0 Å². The van der Waals surface area contributed by atoms with Crippen LogP contribution in [0.3, 0.4) is 0 Å². The van der Waals surface area contributed by atoms with E-state index in [2.05, 4.69) is 65.2 Å². The summed E-state index contributed by atoms with van der Waals surface area (Å²) in [5, 5.41) is 0. The molecule has 0 spiro atoms. The van der Waals surface area contributed by atoms with Gasteiger partial charge in [0.05, 0.1) is 0 Å². The maximum atomic E-state index is 2.64. The monoisotopic (exact) mass is 478 g/mol. The molecule has 0 saturated carbocycles. The van der Waals surface area contributed by atoms with Gasteiger partial charge in [-0.05, 0) is 0 Å². The molecule has 0 radical (unpaired) electrons. The molecule has 22 heavy (non-hydrogen) atoms. The minimum absolute atomic E-state index is 0. The molecule has 0 fully saturated rings. The SMILES string of the molecule is CC1=CC(C)[C]([Zr+2]([C]2=C(C)C(C)=CC2C)=[Ge]([CH3])[CH3])=C1C.[Cl-].[Cl-]. The van der Waals surface area contributed by atoms with Gasteiger partial charge in [-0.25, -0.2) is 0 Å². The third-order valence-electron chi connectivity index (χ3n) is 4.94. The van der Waals surface area contributed by atoms with E-state index in [9.17, 15) is 0 Å². The summed E-state index contributed by atoms with van der Waals surface area (Å²) in [7, 11) is -0.875. The van der Waals surface area contributed by atoms with E-state index in [-0.39, 0.29) is 24.8 Å². The van der Waals surface area contributed by atoms with Crippen molar-refractivity contribution in [1.82, 2.24) is 0 Å². The molecule has 0 aromatic carbocycles. The van der Waals surface area contributed by atoms with Crippen LogP contribution in [0, 0.1) is 11.8 Å². The Balaban J connectivity index is 0.00000220. The van der Waals surface area contributed by atoms with E-state index in [0.717, 1.165) is 11.8 Å². The van der Waals surface area contributed by atoms with Crippen LogP contribution in [0.15, 0.2) is 41.0 Å². The molecule has 2 atom stereocenters. The quantitative estimate of drug-likeness (QED) is 0.474. The van der Waals surface area contributed by atoms with E-state index in [1.807, 2.05) is 6.56 Å². The van der Waals surface area contributed by atoms with E-state index >= 15 is 0 Å². The average Bonchev–Trinajstić information content (AvgIpc) is 2.72. The van der Waals surface area contributed by atoms with Crippen LogP contribution in [-0.4, -0.2) is 9.98 Å². The van der Waals surface area contributed by atoms with Crippen molar-refractivity contribution in [2.45, 2.75) is 53.1 Å². The molecule has 0 amide bonds. The molecular weight excluding hydrogens is 451 g/mol. The number of halogens is 2. The molecule has 0 aromatic heterocycles. The summed E-state index contributed by atoms with van der Waals surface area (Å²) in [5.41, 5.74) is 6.44. The van der Waals surface area contributed by atoms with Gasteiger partial charge >= 0.3 is 135 Å². The zero-order valence-electron chi connectivity index (χ0n) is 15.1. The van der Waals surface area contributed by atoms with Crippen molar-refractivity contribution in [3.63, 3.8) is 0 Å². The van der Waals surface area contributed by atoms with Crippen LogP contribution < -0.4 is 24.8 Å². The Labute approximate surface area is 158 Å². The van der Waals surface area contributed by atoms with Crippen molar-refractivity contribution in [2.75, 3.05) is 0 Å². The average molecular weight is 479 g/mol. The van der Waals surface area contributed by atoms with E-state index in [4.69, 9.17) is 0 Å². The zero-order valence-corrected chi connectivity index (χ0v) is 21.1. The molecule has 2 aliphatic carbocycles. The normalized spacial score (nSPS) is 23.4. The Hall–Kier alpha value is 0.966. The van der Waals surface area contributed by atoms with Gasteiger partial charge in [0, 0.05) is 0 Å². The van der Waals surface area contributed by atoms with Crippen molar-refractivity contribution < 1.29 is 43.4 Å². The van der Waals surface area contributed by atoms with Gasteiger partial charge in [-0.2, -0.15) is 0 Å². The van der Waals surface area contributed by atoms with Crippen LogP contribution in [0.2, 0.25) is 11.5 Å². The molecule has 0 bridgehead atoms. The van der Waals surface area contributed by atoms with Crippen LogP contribution in [0.4, 0.5) is 0 Å². The van der Waals surface area contributed by atoms with Gasteiger partial charge < -0.3 is 24.8 Å². The summed E-state index contributed by atoms with van der Waals surface area (Å²) in [6, 6.07) is 0. The Morgan fingerprint density at radius 1 is 0.773 bits per heavy atom. The Bertz CT molecular complexity index is 569. The largest absolute Gasteiger partial charge is 1.00 e. The molecule has 0 aromatic rings. The first-order valence-corrected chi connectivity index (χ1v) is 21.8. The maximum absolute atomic E-state index is 2.64. The summed E-state index contributed by atoms with van der Waals surface area (Å²) in [5.74, 6) is 6.71. The number of hydrogen-bond donors (Lipinski definition) is 0. The van der Waals surface area contributed by atoms with Crippen molar-refractivity contribution in [1.29, 1.82) is 0 Å². The topological polar surface area (TPSA) is 0 Å². The van der Waals surface area contributed by atoms with Crippen LogP contribution in [0.1, 0.15) is 41.5 Å². The van der Waals surface area contributed by atoms with Gasteiger partial charge in [-0.15, -0.1) is 0 Å². The first kappa shape index (κ1) is 23.0. The second kappa shape index (κ2) is 8.88. The van der Waals surface area contributed by atoms with Crippen LogP contribution in [0.5, 0.6) is 0 Å². The third kappa shape index (κ3) is 4.13. The second-order valence-electron chi connectivity index (χ2n) is 6.73. The minimum Gasteiger partial charge on any atom is -1.00 e. The third-order valence-corrected chi connectivity index (χ3v) is 33.2. The van der Waals surface area contributed by atoms with Gasteiger partial charge in [-0.1, -0.05) is 0 Å². The molecular formula is C18H28Cl2GeZr. The first-order valence-electron chi connectivity index (χ1n) is 7.73. The molecule has 2 rings (SSSR count). The number of allylic oxidation sites excluding steroid dienone is 8. The molecule has 0 heterocycles. The Morgan fingerprint density at radius 2 is 1.09 bits per heavy atom.